The van der Waals surface area contributed by atoms with Crippen LogP contribution in [-0.4, -0.2) is 24.4 Å². The SMILES string of the molecule is O=C(N[C@@H]1CC(=O)N(c2cccc(F)c2)C1)c1ccccc1Cl. The van der Waals surface area contributed by atoms with Gasteiger partial charge in [-0.2, -0.15) is 0 Å². The molecule has 1 heterocycles. The van der Waals surface area contributed by atoms with Crippen molar-refractivity contribution in [1.29, 1.82) is 0 Å². The van der Waals surface area contributed by atoms with Crippen molar-refractivity contribution < 1.29 is 14.0 Å². The number of benzene rings is 2. The fourth-order valence-corrected chi connectivity index (χ4v) is 2.83. The Bertz CT molecular complexity index is 766. The van der Waals surface area contributed by atoms with Crippen molar-refractivity contribution in [2.75, 3.05) is 11.4 Å². The van der Waals surface area contributed by atoms with Crippen LogP contribution in [0.2, 0.25) is 5.02 Å². The number of carbonyl (C=O) groups excluding carboxylic acids is 2. The van der Waals surface area contributed by atoms with E-state index in [4.69, 9.17) is 11.6 Å². The van der Waals surface area contributed by atoms with Gasteiger partial charge in [0.15, 0.2) is 0 Å². The summed E-state index contributed by atoms with van der Waals surface area (Å²) in [7, 11) is 0. The quantitative estimate of drug-likeness (QED) is 0.939. The van der Waals surface area contributed by atoms with E-state index in [0.717, 1.165) is 0 Å². The topological polar surface area (TPSA) is 49.4 Å². The fourth-order valence-electron chi connectivity index (χ4n) is 2.61. The van der Waals surface area contributed by atoms with Crippen LogP contribution in [0.25, 0.3) is 0 Å². The number of halogens is 2. The third-order valence-electron chi connectivity index (χ3n) is 3.70. The summed E-state index contributed by atoms with van der Waals surface area (Å²) in [6.45, 7) is 0.304. The highest BCUT2D eigenvalue weighted by atomic mass is 35.5. The van der Waals surface area contributed by atoms with Gasteiger partial charge >= 0.3 is 0 Å². The lowest BCUT2D eigenvalue weighted by Gasteiger charge is -2.17. The van der Waals surface area contributed by atoms with Crippen LogP contribution >= 0.6 is 11.6 Å². The average molecular weight is 333 g/mol. The van der Waals surface area contributed by atoms with Crippen molar-refractivity contribution in [1.82, 2.24) is 5.32 Å². The van der Waals surface area contributed by atoms with Crippen molar-refractivity contribution in [2.24, 2.45) is 0 Å². The maximum absolute atomic E-state index is 13.3. The summed E-state index contributed by atoms with van der Waals surface area (Å²) in [6, 6.07) is 12.2. The summed E-state index contributed by atoms with van der Waals surface area (Å²) >= 11 is 6.00. The Morgan fingerprint density at radius 3 is 2.74 bits per heavy atom. The molecular formula is C17H14ClFN2O2. The molecule has 1 saturated heterocycles. The normalized spacial score (nSPS) is 17.4. The first-order valence-electron chi connectivity index (χ1n) is 7.16. The van der Waals surface area contributed by atoms with Crippen molar-refractivity contribution >= 4 is 29.1 Å². The van der Waals surface area contributed by atoms with Crippen molar-refractivity contribution in [2.45, 2.75) is 12.5 Å². The summed E-state index contributed by atoms with van der Waals surface area (Å²) < 4.78 is 13.3. The van der Waals surface area contributed by atoms with Gasteiger partial charge in [0.1, 0.15) is 5.82 Å². The molecule has 118 valence electrons. The second-order valence-electron chi connectivity index (χ2n) is 5.34. The zero-order chi connectivity index (χ0) is 16.4. The van der Waals surface area contributed by atoms with Crippen LogP contribution in [0.15, 0.2) is 48.5 Å². The first-order valence-corrected chi connectivity index (χ1v) is 7.54. The van der Waals surface area contributed by atoms with Crippen LogP contribution in [0.5, 0.6) is 0 Å². The molecule has 1 fully saturated rings. The smallest absolute Gasteiger partial charge is 0.253 e. The Kier molecular flexibility index (Phi) is 4.30. The molecule has 3 rings (SSSR count). The second kappa shape index (κ2) is 6.38. The molecule has 2 aromatic carbocycles. The molecule has 4 nitrogen and oxygen atoms in total. The molecule has 0 aromatic heterocycles. The number of rotatable bonds is 3. The van der Waals surface area contributed by atoms with E-state index in [1.54, 1.807) is 36.4 Å². The summed E-state index contributed by atoms with van der Waals surface area (Å²) in [5.74, 6) is -0.881. The predicted octanol–water partition coefficient (Wildman–Crippen LogP) is 3.01. The maximum atomic E-state index is 13.3. The lowest BCUT2D eigenvalue weighted by molar-refractivity contribution is -0.117. The minimum absolute atomic E-state index is 0.153. The van der Waals surface area contributed by atoms with Crippen LogP contribution in [0.1, 0.15) is 16.8 Å². The standard InChI is InChI=1S/C17H14ClFN2O2/c18-15-7-2-1-6-14(15)17(23)20-12-9-16(22)21(10-12)13-5-3-4-11(19)8-13/h1-8,12H,9-10H2,(H,20,23)/t12-/m1/s1. The van der Waals surface area contributed by atoms with Crippen molar-refractivity contribution in [3.05, 3.63) is 64.9 Å². The molecule has 0 aliphatic carbocycles. The Balaban J connectivity index is 1.71. The van der Waals surface area contributed by atoms with Crippen molar-refractivity contribution in [3.63, 3.8) is 0 Å². The number of nitrogens with zero attached hydrogens (tertiary/aromatic N) is 1. The Labute approximate surface area is 137 Å². The van der Waals surface area contributed by atoms with Gasteiger partial charge in [0.25, 0.3) is 5.91 Å². The van der Waals surface area contributed by atoms with Gasteiger partial charge in [-0.05, 0) is 30.3 Å². The minimum atomic E-state index is -0.404. The lowest BCUT2D eigenvalue weighted by atomic mass is 10.2. The molecule has 1 atom stereocenters. The van der Waals surface area contributed by atoms with Crippen LogP contribution in [-0.2, 0) is 4.79 Å². The van der Waals surface area contributed by atoms with E-state index in [1.165, 1.54) is 17.0 Å². The number of amides is 2. The first kappa shape index (κ1) is 15.5. The van der Waals surface area contributed by atoms with E-state index in [0.29, 0.717) is 22.8 Å². The highest BCUT2D eigenvalue weighted by Gasteiger charge is 2.32. The van der Waals surface area contributed by atoms with Crippen LogP contribution < -0.4 is 10.2 Å². The number of anilines is 1. The van der Waals surface area contributed by atoms with E-state index in [1.807, 2.05) is 0 Å². The monoisotopic (exact) mass is 332 g/mol. The van der Waals surface area contributed by atoms with Gasteiger partial charge in [-0.3, -0.25) is 9.59 Å². The zero-order valence-corrected chi connectivity index (χ0v) is 12.9. The van der Waals surface area contributed by atoms with Gasteiger partial charge in [0.2, 0.25) is 5.91 Å². The Hall–Kier alpha value is -2.40. The predicted molar refractivity (Wildman–Crippen MR) is 86.1 cm³/mol. The van der Waals surface area contributed by atoms with E-state index in [9.17, 15) is 14.0 Å². The third-order valence-corrected chi connectivity index (χ3v) is 4.03. The van der Waals surface area contributed by atoms with E-state index < -0.39 is 5.82 Å². The molecule has 0 radical (unpaired) electrons. The van der Waals surface area contributed by atoms with Crippen LogP contribution in [0.4, 0.5) is 10.1 Å². The zero-order valence-electron chi connectivity index (χ0n) is 12.1. The number of hydrogen-bond acceptors (Lipinski definition) is 2. The van der Waals surface area contributed by atoms with Gasteiger partial charge in [-0.25, -0.2) is 4.39 Å². The first-order chi connectivity index (χ1) is 11.0. The molecule has 0 spiro atoms. The lowest BCUT2D eigenvalue weighted by Crippen LogP contribution is -2.37. The van der Waals surface area contributed by atoms with E-state index in [-0.39, 0.29) is 24.3 Å². The van der Waals surface area contributed by atoms with Crippen LogP contribution in [0.3, 0.4) is 0 Å². The maximum Gasteiger partial charge on any atom is 0.253 e. The number of nitrogens with one attached hydrogen (secondary N) is 1. The molecule has 1 aliphatic heterocycles. The fraction of sp³-hybridized carbons (Fsp3) is 0.176. The molecule has 0 unspecified atom stereocenters. The number of carbonyl (C=O) groups is 2. The van der Waals surface area contributed by atoms with Crippen LogP contribution in [0, 0.1) is 5.82 Å². The number of hydrogen-bond donors (Lipinski definition) is 1. The van der Waals surface area contributed by atoms with Gasteiger partial charge in [0, 0.05) is 18.7 Å². The van der Waals surface area contributed by atoms with E-state index >= 15 is 0 Å². The van der Waals surface area contributed by atoms with E-state index in [2.05, 4.69) is 5.32 Å². The summed E-state index contributed by atoms with van der Waals surface area (Å²) in [5, 5.41) is 3.16. The van der Waals surface area contributed by atoms with Gasteiger partial charge < -0.3 is 10.2 Å². The minimum Gasteiger partial charge on any atom is -0.347 e. The molecule has 2 amide bonds. The summed E-state index contributed by atoms with van der Waals surface area (Å²) in [5.41, 5.74) is 0.857. The average Bonchev–Trinajstić information content (AvgIpc) is 2.88. The molecule has 1 N–H and O–H groups in total. The van der Waals surface area contributed by atoms with Gasteiger partial charge in [-0.15, -0.1) is 0 Å². The Morgan fingerprint density at radius 1 is 1.22 bits per heavy atom. The highest BCUT2D eigenvalue weighted by Crippen LogP contribution is 2.23. The largest absolute Gasteiger partial charge is 0.347 e. The van der Waals surface area contributed by atoms with Gasteiger partial charge in [0.05, 0.1) is 16.6 Å². The van der Waals surface area contributed by atoms with Gasteiger partial charge in [-0.1, -0.05) is 29.8 Å². The molecular weight excluding hydrogens is 319 g/mol. The molecule has 23 heavy (non-hydrogen) atoms. The Morgan fingerprint density at radius 2 is 2.00 bits per heavy atom. The molecule has 0 saturated carbocycles. The van der Waals surface area contributed by atoms with Crippen molar-refractivity contribution in [3.8, 4) is 0 Å². The summed E-state index contributed by atoms with van der Waals surface area (Å²) in [6.07, 6.45) is 0.173. The molecule has 1 aliphatic rings. The summed E-state index contributed by atoms with van der Waals surface area (Å²) in [4.78, 5) is 25.8. The molecule has 2 aromatic rings. The third kappa shape index (κ3) is 3.35. The molecule has 0 bridgehead atoms. The second-order valence-corrected chi connectivity index (χ2v) is 5.75. The molecule has 6 heteroatoms. The highest BCUT2D eigenvalue weighted by molar-refractivity contribution is 6.33.